The number of carbonyl (C=O) groups excluding carboxylic acids is 1. The van der Waals surface area contributed by atoms with Crippen molar-refractivity contribution in [3.05, 3.63) is 39.9 Å². The van der Waals surface area contributed by atoms with Gasteiger partial charge in [0, 0.05) is 4.88 Å². The van der Waals surface area contributed by atoms with Crippen LogP contribution in [-0.4, -0.2) is 17.5 Å². The highest BCUT2D eigenvalue weighted by atomic mass is 35.5. The molecule has 0 unspecified atom stereocenters. The molecule has 4 nitrogen and oxygen atoms in total. The first-order valence-corrected chi connectivity index (χ1v) is 7.43. The predicted molar refractivity (Wildman–Crippen MR) is 81.8 cm³/mol. The lowest BCUT2D eigenvalue weighted by Gasteiger charge is -2.06. The van der Waals surface area contributed by atoms with Crippen molar-refractivity contribution in [1.82, 2.24) is 4.98 Å². The smallest absolute Gasteiger partial charge is 0.264 e. The first kappa shape index (κ1) is 14.8. The van der Waals surface area contributed by atoms with E-state index in [0.29, 0.717) is 15.9 Å². The van der Waals surface area contributed by atoms with Crippen LogP contribution in [0.3, 0.4) is 0 Å². The van der Waals surface area contributed by atoms with E-state index in [0.717, 1.165) is 17.0 Å². The largest absolute Gasteiger partial charge is 0.482 e. The summed E-state index contributed by atoms with van der Waals surface area (Å²) in [7, 11) is 0. The standard InChI is InChI=1S/C14H15ClN2O2S/c1-3-11-9(2)20-14(16-11)17-13(18)8-19-12-7-5-4-6-10(12)15/h4-7H,3,8H2,1-2H3,(H,16,17,18). The fraction of sp³-hybridized carbons (Fsp3) is 0.286. The zero-order chi connectivity index (χ0) is 14.5. The van der Waals surface area contributed by atoms with Gasteiger partial charge in [-0.05, 0) is 25.5 Å². The number of aryl methyl sites for hydroxylation is 2. The highest BCUT2D eigenvalue weighted by Gasteiger charge is 2.10. The highest BCUT2D eigenvalue weighted by Crippen LogP contribution is 2.24. The Bertz CT molecular complexity index is 613. The van der Waals surface area contributed by atoms with Gasteiger partial charge in [-0.1, -0.05) is 30.7 Å². The van der Waals surface area contributed by atoms with Crippen LogP contribution in [0.4, 0.5) is 5.13 Å². The number of anilines is 1. The number of nitrogens with one attached hydrogen (secondary N) is 1. The molecule has 0 saturated carbocycles. The lowest BCUT2D eigenvalue weighted by molar-refractivity contribution is -0.118. The van der Waals surface area contributed by atoms with Gasteiger partial charge in [-0.3, -0.25) is 10.1 Å². The molecule has 106 valence electrons. The summed E-state index contributed by atoms with van der Waals surface area (Å²) in [6, 6.07) is 7.04. The molecule has 0 spiro atoms. The summed E-state index contributed by atoms with van der Waals surface area (Å²) in [6.45, 7) is 3.93. The van der Waals surface area contributed by atoms with E-state index in [-0.39, 0.29) is 12.5 Å². The molecule has 0 aliphatic heterocycles. The second-order valence-electron chi connectivity index (χ2n) is 4.14. The van der Waals surface area contributed by atoms with Gasteiger partial charge in [0.05, 0.1) is 10.7 Å². The molecule has 20 heavy (non-hydrogen) atoms. The van der Waals surface area contributed by atoms with Gasteiger partial charge in [0.2, 0.25) is 0 Å². The highest BCUT2D eigenvalue weighted by molar-refractivity contribution is 7.15. The molecule has 0 saturated heterocycles. The van der Waals surface area contributed by atoms with Gasteiger partial charge in [-0.2, -0.15) is 0 Å². The van der Waals surface area contributed by atoms with E-state index in [1.807, 2.05) is 13.8 Å². The molecule has 0 atom stereocenters. The second kappa shape index (κ2) is 6.72. The number of carbonyl (C=O) groups is 1. The third-order valence-electron chi connectivity index (χ3n) is 2.67. The Morgan fingerprint density at radius 2 is 2.20 bits per heavy atom. The average Bonchev–Trinajstić information content (AvgIpc) is 2.77. The van der Waals surface area contributed by atoms with E-state index in [4.69, 9.17) is 16.3 Å². The van der Waals surface area contributed by atoms with E-state index in [1.54, 1.807) is 24.3 Å². The van der Waals surface area contributed by atoms with Crippen molar-refractivity contribution in [2.75, 3.05) is 11.9 Å². The molecule has 0 aliphatic carbocycles. The minimum absolute atomic E-state index is 0.0934. The monoisotopic (exact) mass is 310 g/mol. The van der Waals surface area contributed by atoms with Crippen LogP contribution in [-0.2, 0) is 11.2 Å². The van der Waals surface area contributed by atoms with E-state index in [2.05, 4.69) is 10.3 Å². The Morgan fingerprint density at radius 3 is 2.85 bits per heavy atom. The number of nitrogens with zero attached hydrogens (tertiary/aromatic N) is 1. The van der Waals surface area contributed by atoms with Gasteiger partial charge in [-0.15, -0.1) is 11.3 Å². The van der Waals surface area contributed by atoms with Crippen LogP contribution in [0, 0.1) is 6.92 Å². The van der Waals surface area contributed by atoms with Crippen molar-refractivity contribution >= 4 is 34.0 Å². The molecule has 1 N–H and O–H groups in total. The SMILES string of the molecule is CCc1nc(NC(=O)COc2ccccc2Cl)sc1C. The van der Waals surface area contributed by atoms with E-state index < -0.39 is 0 Å². The summed E-state index contributed by atoms with van der Waals surface area (Å²) in [4.78, 5) is 17.3. The summed E-state index contributed by atoms with van der Waals surface area (Å²) < 4.78 is 5.37. The summed E-state index contributed by atoms with van der Waals surface area (Å²) >= 11 is 7.41. The van der Waals surface area contributed by atoms with E-state index in [9.17, 15) is 4.79 Å². The van der Waals surface area contributed by atoms with Crippen molar-refractivity contribution in [2.24, 2.45) is 0 Å². The number of amides is 1. The molecular weight excluding hydrogens is 296 g/mol. The number of hydrogen-bond acceptors (Lipinski definition) is 4. The van der Waals surface area contributed by atoms with Gasteiger partial charge in [0.1, 0.15) is 5.75 Å². The molecule has 6 heteroatoms. The number of benzene rings is 1. The average molecular weight is 311 g/mol. The van der Waals surface area contributed by atoms with Crippen LogP contribution in [0.1, 0.15) is 17.5 Å². The van der Waals surface area contributed by atoms with E-state index in [1.165, 1.54) is 11.3 Å². The molecule has 0 bridgehead atoms. The van der Waals surface area contributed by atoms with Gasteiger partial charge >= 0.3 is 0 Å². The number of thiazole rings is 1. The maximum absolute atomic E-state index is 11.8. The summed E-state index contributed by atoms with van der Waals surface area (Å²) in [5, 5.41) is 3.82. The van der Waals surface area contributed by atoms with Crippen molar-refractivity contribution in [2.45, 2.75) is 20.3 Å². The quantitative estimate of drug-likeness (QED) is 0.916. The van der Waals surface area contributed by atoms with Crippen LogP contribution in [0.25, 0.3) is 0 Å². The zero-order valence-corrected chi connectivity index (χ0v) is 12.8. The number of halogens is 1. The summed E-state index contributed by atoms with van der Waals surface area (Å²) in [5.41, 5.74) is 1.01. The van der Waals surface area contributed by atoms with Gasteiger partial charge in [0.25, 0.3) is 5.91 Å². The third kappa shape index (κ3) is 3.71. The maximum Gasteiger partial charge on any atom is 0.264 e. The van der Waals surface area contributed by atoms with Crippen LogP contribution in [0.2, 0.25) is 5.02 Å². The van der Waals surface area contributed by atoms with Crippen molar-refractivity contribution in [3.8, 4) is 5.75 Å². The molecule has 0 fully saturated rings. The Kier molecular flexibility index (Phi) is 4.98. The number of aromatic nitrogens is 1. The summed E-state index contributed by atoms with van der Waals surface area (Å²) in [6.07, 6.45) is 0.855. The fourth-order valence-corrected chi connectivity index (χ4v) is 2.78. The lowest BCUT2D eigenvalue weighted by Crippen LogP contribution is -2.20. The van der Waals surface area contributed by atoms with Gasteiger partial charge in [-0.25, -0.2) is 4.98 Å². The number of rotatable bonds is 5. The first-order chi connectivity index (χ1) is 9.60. The predicted octanol–water partition coefficient (Wildman–Crippen LogP) is 3.68. The molecule has 2 aromatic rings. The maximum atomic E-state index is 11.8. The molecular formula is C14H15ClN2O2S. The minimum atomic E-state index is -0.249. The Hall–Kier alpha value is -1.59. The molecule has 1 amide bonds. The fourth-order valence-electron chi connectivity index (χ4n) is 1.67. The third-order valence-corrected chi connectivity index (χ3v) is 3.91. The Labute approximate surface area is 126 Å². The Balaban J connectivity index is 1.91. The van der Waals surface area contributed by atoms with Crippen LogP contribution in [0.15, 0.2) is 24.3 Å². The van der Waals surface area contributed by atoms with Crippen molar-refractivity contribution < 1.29 is 9.53 Å². The number of hydrogen-bond donors (Lipinski definition) is 1. The summed E-state index contributed by atoms with van der Waals surface area (Å²) in [5.74, 6) is 0.246. The topological polar surface area (TPSA) is 51.2 Å². The molecule has 1 aromatic carbocycles. The van der Waals surface area contributed by atoms with Crippen LogP contribution in [0.5, 0.6) is 5.75 Å². The number of para-hydroxylation sites is 1. The van der Waals surface area contributed by atoms with E-state index >= 15 is 0 Å². The normalized spacial score (nSPS) is 10.3. The Morgan fingerprint density at radius 1 is 1.45 bits per heavy atom. The van der Waals surface area contributed by atoms with Crippen LogP contribution < -0.4 is 10.1 Å². The zero-order valence-electron chi connectivity index (χ0n) is 11.3. The molecule has 1 aromatic heterocycles. The molecule has 1 heterocycles. The molecule has 0 aliphatic rings. The first-order valence-electron chi connectivity index (χ1n) is 6.23. The van der Waals surface area contributed by atoms with Gasteiger partial charge in [0.15, 0.2) is 11.7 Å². The van der Waals surface area contributed by atoms with Crippen LogP contribution >= 0.6 is 22.9 Å². The lowest BCUT2D eigenvalue weighted by atomic mass is 10.3. The minimum Gasteiger partial charge on any atom is -0.482 e. The van der Waals surface area contributed by atoms with Crippen molar-refractivity contribution in [1.29, 1.82) is 0 Å². The second-order valence-corrected chi connectivity index (χ2v) is 5.75. The van der Waals surface area contributed by atoms with Gasteiger partial charge < -0.3 is 4.74 Å². The van der Waals surface area contributed by atoms with Crippen molar-refractivity contribution in [3.63, 3.8) is 0 Å². The molecule has 2 rings (SSSR count). The molecule has 0 radical (unpaired) electrons. The number of ether oxygens (including phenoxy) is 1.